The van der Waals surface area contributed by atoms with Gasteiger partial charge in [0.1, 0.15) is 0 Å². The van der Waals surface area contributed by atoms with E-state index in [1.54, 1.807) is 0 Å². The Morgan fingerprint density at radius 2 is 2.06 bits per heavy atom. The number of hydrogen-bond acceptors (Lipinski definition) is 2. The summed E-state index contributed by atoms with van der Waals surface area (Å²) in [7, 11) is 0. The molecule has 2 aromatic rings. The van der Waals surface area contributed by atoms with Gasteiger partial charge >= 0.3 is 0 Å². The molecule has 0 amide bonds. The van der Waals surface area contributed by atoms with Crippen LogP contribution in [0.5, 0.6) is 0 Å². The van der Waals surface area contributed by atoms with Gasteiger partial charge in [0.25, 0.3) is 0 Å². The molecule has 0 atom stereocenters. The molecule has 16 heavy (non-hydrogen) atoms. The van der Waals surface area contributed by atoms with E-state index in [-0.39, 0.29) is 0 Å². The minimum Gasteiger partial charge on any atom is -0.330 e. The molecule has 2 heterocycles. The van der Waals surface area contributed by atoms with Crippen molar-refractivity contribution in [3.05, 3.63) is 54.1 Å². The number of aromatic nitrogens is 2. The molecule has 1 aliphatic rings. The van der Waals surface area contributed by atoms with Crippen molar-refractivity contribution in [2.75, 3.05) is 13.1 Å². The van der Waals surface area contributed by atoms with Crippen LogP contribution < -0.4 is 5.32 Å². The summed E-state index contributed by atoms with van der Waals surface area (Å²) >= 11 is 0. The highest BCUT2D eigenvalue weighted by Gasteiger charge is 2.22. The second-order valence-corrected chi connectivity index (χ2v) is 4.29. The number of rotatable bonds is 3. The zero-order valence-corrected chi connectivity index (χ0v) is 9.13. The van der Waals surface area contributed by atoms with Crippen molar-refractivity contribution in [2.24, 2.45) is 0 Å². The van der Waals surface area contributed by atoms with E-state index in [4.69, 9.17) is 0 Å². The maximum Gasteiger partial charge on any atom is 0.0951 e. The van der Waals surface area contributed by atoms with Gasteiger partial charge in [0.15, 0.2) is 0 Å². The molecular formula is C13H15N3. The molecule has 0 radical (unpaired) electrons. The van der Waals surface area contributed by atoms with E-state index in [1.807, 2.05) is 18.6 Å². The van der Waals surface area contributed by atoms with Crippen molar-refractivity contribution in [1.29, 1.82) is 0 Å². The number of benzene rings is 1. The van der Waals surface area contributed by atoms with Crippen LogP contribution >= 0.6 is 0 Å². The van der Waals surface area contributed by atoms with Gasteiger partial charge in [-0.1, -0.05) is 30.3 Å². The number of nitrogens with zero attached hydrogens (tertiary/aromatic N) is 2. The van der Waals surface area contributed by atoms with Crippen LogP contribution in [-0.4, -0.2) is 22.6 Å². The largest absolute Gasteiger partial charge is 0.330 e. The molecule has 1 aliphatic heterocycles. The molecule has 0 aliphatic carbocycles. The van der Waals surface area contributed by atoms with Gasteiger partial charge in [0, 0.05) is 37.4 Å². The summed E-state index contributed by atoms with van der Waals surface area (Å²) in [6.07, 6.45) is 3.93. The lowest BCUT2D eigenvalue weighted by Crippen LogP contribution is -2.40. The first-order valence-corrected chi connectivity index (χ1v) is 5.68. The maximum atomic E-state index is 4.26. The van der Waals surface area contributed by atoms with E-state index in [2.05, 4.69) is 39.1 Å². The summed E-state index contributed by atoms with van der Waals surface area (Å²) in [6, 6.07) is 10.5. The Bertz CT molecular complexity index is 457. The standard InChI is InChI=1S/C13H15N3/c1-2-4-11(5-3-1)9-16-10-15-8-13(16)12-6-14-7-12/h1-5,8,10,12,14H,6-7,9H2. The number of nitrogens with one attached hydrogen (secondary N) is 1. The van der Waals surface area contributed by atoms with Crippen LogP contribution in [0.15, 0.2) is 42.9 Å². The smallest absolute Gasteiger partial charge is 0.0951 e. The predicted molar refractivity (Wildman–Crippen MR) is 63.4 cm³/mol. The quantitative estimate of drug-likeness (QED) is 0.839. The topological polar surface area (TPSA) is 29.9 Å². The summed E-state index contributed by atoms with van der Waals surface area (Å²) in [4.78, 5) is 4.26. The lowest BCUT2D eigenvalue weighted by atomic mass is 10.00. The third kappa shape index (κ3) is 1.74. The Hall–Kier alpha value is -1.61. The van der Waals surface area contributed by atoms with Crippen molar-refractivity contribution in [3.8, 4) is 0 Å². The third-order valence-electron chi connectivity index (χ3n) is 3.14. The van der Waals surface area contributed by atoms with Crippen molar-refractivity contribution < 1.29 is 0 Å². The van der Waals surface area contributed by atoms with Crippen LogP contribution in [0, 0.1) is 0 Å². The molecule has 3 rings (SSSR count). The SMILES string of the molecule is c1ccc(Cn2cncc2C2CNC2)cc1. The predicted octanol–water partition coefficient (Wildman–Crippen LogP) is 1.62. The average Bonchev–Trinajstić information content (AvgIpc) is 2.66. The Morgan fingerprint density at radius 3 is 2.75 bits per heavy atom. The number of hydrogen-bond donors (Lipinski definition) is 1. The molecule has 1 N–H and O–H groups in total. The average molecular weight is 213 g/mol. The van der Waals surface area contributed by atoms with Gasteiger partial charge < -0.3 is 9.88 Å². The van der Waals surface area contributed by atoms with Crippen LogP contribution in [0.1, 0.15) is 17.2 Å². The van der Waals surface area contributed by atoms with Crippen LogP contribution in [0.25, 0.3) is 0 Å². The molecule has 3 heteroatoms. The highest BCUT2D eigenvalue weighted by Crippen LogP contribution is 2.20. The normalized spacial score (nSPS) is 16.0. The second kappa shape index (κ2) is 4.10. The summed E-state index contributed by atoms with van der Waals surface area (Å²) in [5.74, 6) is 0.645. The molecule has 0 unspecified atom stereocenters. The van der Waals surface area contributed by atoms with E-state index in [0.717, 1.165) is 19.6 Å². The molecule has 1 fully saturated rings. The van der Waals surface area contributed by atoms with Crippen LogP contribution in [0.2, 0.25) is 0 Å². The summed E-state index contributed by atoms with van der Waals surface area (Å²) in [5, 5.41) is 3.30. The van der Waals surface area contributed by atoms with E-state index in [0.29, 0.717) is 5.92 Å². The molecule has 0 bridgehead atoms. The van der Waals surface area contributed by atoms with Gasteiger partial charge in [-0.3, -0.25) is 0 Å². The maximum absolute atomic E-state index is 4.26. The Kier molecular flexibility index (Phi) is 2.46. The molecule has 82 valence electrons. The van der Waals surface area contributed by atoms with E-state index in [1.165, 1.54) is 11.3 Å². The van der Waals surface area contributed by atoms with Gasteiger partial charge in [-0.05, 0) is 5.56 Å². The Morgan fingerprint density at radius 1 is 1.25 bits per heavy atom. The third-order valence-corrected chi connectivity index (χ3v) is 3.14. The van der Waals surface area contributed by atoms with Gasteiger partial charge in [0.2, 0.25) is 0 Å². The molecule has 0 spiro atoms. The van der Waals surface area contributed by atoms with E-state index >= 15 is 0 Å². The van der Waals surface area contributed by atoms with E-state index < -0.39 is 0 Å². The summed E-state index contributed by atoms with van der Waals surface area (Å²) in [5.41, 5.74) is 2.68. The molecule has 1 aromatic carbocycles. The van der Waals surface area contributed by atoms with Crippen LogP contribution in [-0.2, 0) is 6.54 Å². The van der Waals surface area contributed by atoms with Gasteiger partial charge in [0.05, 0.1) is 6.33 Å². The minimum atomic E-state index is 0.645. The first-order chi connectivity index (χ1) is 7.93. The molecule has 3 nitrogen and oxygen atoms in total. The fourth-order valence-electron chi connectivity index (χ4n) is 2.08. The fourth-order valence-corrected chi connectivity index (χ4v) is 2.08. The highest BCUT2D eigenvalue weighted by atomic mass is 15.1. The van der Waals surface area contributed by atoms with Gasteiger partial charge in [-0.25, -0.2) is 4.98 Å². The lowest BCUT2D eigenvalue weighted by molar-refractivity contribution is 0.427. The highest BCUT2D eigenvalue weighted by molar-refractivity contribution is 5.18. The first-order valence-electron chi connectivity index (χ1n) is 5.68. The molecule has 1 aromatic heterocycles. The van der Waals surface area contributed by atoms with Gasteiger partial charge in [-0.2, -0.15) is 0 Å². The van der Waals surface area contributed by atoms with Crippen molar-refractivity contribution in [3.63, 3.8) is 0 Å². The Balaban J connectivity index is 1.82. The van der Waals surface area contributed by atoms with Crippen molar-refractivity contribution in [1.82, 2.24) is 14.9 Å². The van der Waals surface area contributed by atoms with Crippen LogP contribution in [0.4, 0.5) is 0 Å². The first kappa shape index (κ1) is 9.60. The zero-order chi connectivity index (χ0) is 10.8. The van der Waals surface area contributed by atoms with Crippen molar-refractivity contribution in [2.45, 2.75) is 12.5 Å². The molecule has 1 saturated heterocycles. The monoisotopic (exact) mass is 213 g/mol. The zero-order valence-electron chi connectivity index (χ0n) is 9.13. The van der Waals surface area contributed by atoms with Crippen LogP contribution in [0.3, 0.4) is 0 Å². The van der Waals surface area contributed by atoms with Gasteiger partial charge in [-0.15, -0.1) is 0 Å². The fraction of sp³-hybridized carbons (Fsp3) is 0.308. The molecule has 0 saturated carbocycles. The van der Waals surface area contributed by atoms with Crippen molar-refractivity contribution >= 4 is 0 Å². The minimum absolute atomic E-state index is 0.645. The number of imidazole rings is 1. The summed E-state index contributed by atoms with van der Waals surface area (Å²) < 4.78 is 2.25. The Labute approximate surface area is 95.1 Å². The second-order valence-electron chi connectivity index (χ2n) is 4.29. The summed E-state index contributed by atoms with van der Waals surface area (Å²) in [6.45, 7) is 3.09. The molecular weight excluding hydrogens is 198 g/mol. The van der Waals surface area contributed by atoms with E-state index in [9.17, 15) is 0 Å². The lowest BCUT2D eigenvalue weighted by Gasteiger charge is -2.27.